The van der Waals surface area contributed by atoms with Gasteiger partial charge in [0.05, 0.1) is 6.04 Å². The molecule has 0 radical (unpaired) electrons. The van der Waals surface area contributed by atoms with Gasteiger partial charge in [0.25, 0.3) is 0 Å². The number of hydrogen-bond donors (Lipinski definition) is 1. The highest BCUT2D eigenvalue weighted by Crippen LogP contribution is 2.11. The number of rotatable bonds is 6. The van der Waals surface area contributed by atoms with Gasteiger partial charge in [-0.05, 0) is 19.1 Å². The van der Waals surface area contributed by atoms with E-state index < -0.39 is 0 Å². The van der Waals surface area contributed by atoms with Gasteiger partial charge in [-0.15, -0.1) is 10.2 Å². The maximum absolute atomic E-state index is 5.13. The third-order valence-corrected chi connectivity index (χ3v) is 2.84. The van der Waals surface area contributed by atoms with Crippen molar-refractivity contribution in [2.75, 3.05) is 20.8 Å². The molecule has 2 aromatic heterocycles. The zero-order valence-electron chi connectivity index (χ0n) is 10.8. The number of pyridine rings is 1. The maximum Gasteiger partial charge on any atom is 0.169 e. The highest BCUT2D eigenvalue weighted by Gasteiger charge is 2.14. The second kappa shape index (κ2) is 5.90. The van der Waals surface area contributed by atoms with E-state index in [1.54, 1.807) is 14.2 Å². The molecule has 2 heterocycles. The molecule has 98 valence electrons. The van der Waals surface area contributed by atoms with Gasteiger partial charge < -0.3 is 14.8 Å². The third-order valence-electron chi connectivity index (χ3n) is 2.84. The summed E-state index contributed by atoms with van der Waals surface area (Å²) in [7, 11) is 3.24. The molecule has 0 bridgehead atoms. The van der Waals surface area contributed by atoms with Crippen LogP contribution in [0, 0.1) is 0 Å². The van der Waals surface area contributed by atoms with Crippen LogP contribution >= 0.6 is 0 Å². The summed E-state index contributed by atoms with van der Waals surface area (Å²) in [6.07, 6.45) is 1.69. The van der Waals surface area contributed by atoms with Crippen LogP contribution in [-0.2, 0) is 9.47 Å². The van der Waals surface area contributed by atoms with E-state index in [1.807, 2.05) is 35.7 Å². The summed E-state index contributed by atoms with van der Waals surface area (Å²) in [5, 5.41) is 11.6. The molecule has 0 aliphatic heterocycles. The average Bonchev–Trinajstić information content (AvgIpc) is 2.83. The fourth-order valence-corrected chi connectivity index (χ4v) is 1.78. The van der Waals surface area contributed by atoms with E-state index in [0.717, 1.165) is 11.5 Å². The summed E-state index contributed by atoms with van der Waals surface area (Å²) in [6, 6.07) is 5.89. The van der Waals surface area contributed by atoms with Crippen molar-refractivity contribution >= 4 is 5.65 Å². The van der Waals surface area contributed by atoms with Crippen LogP contribution in [0.4, 0.5) is 0 Å². The van der Waals surface area contributed by atoms with Crippen LogP contribution < -0.4 is 5.32 Å². The van der Waals surface area contributed by atoms with Crippen LogP contribution in [-0.4, -0.2) is 41.7 Å². The zero-order valence-corrected chi connectivity index (χ0v) is 10.8. The van der Waals surface area contributed by atoms with Crippen molar-refractivity contribution in [1.29, 1.82) is 0 Å². The summed E-state index contributed by atoms with van der Waals surface area (Å²) in [4.78, 5) is 0. The van der Waals surface area contributed by atoms with Crippen LogP contribution in [0.5, 0.6) is 0 Å². The number of ether oxygens (including phenoxy) is 2. The highest BCUT2D eigenvalue weighted by atomic mass is 16.7. The molecule has 1 atom stereocenters. The summed E-state index contributed by atoms with van der Waals surface area (Å²) in [5.41, 5.74) is 0.844. The second-order valence-corrected chi connectivity index (χ2v) is 4.02. The molecule has 0 aliphatic carbocycles. The first-order chi connectivity index (χ1) is 8.76. The van der Waals surface area contributed by atoms with Gasteiger partial charge in [0.15, 0.2) is 17.8 Å². The molecular weight excluding hydrogens is 232 g/mol. The van der Waals surface area contributed by atoms with Crippen LogP contribution in [0.25, 0.3) is 5.65 Å². The van der Waals surface area contributed by atoms with Gasteiger partial charge in [0, 0.05) is 27.0 Å². The van der Waals surface area contributed by atoms with Crippen molar-refractivity contribution in [1.82, 2.24) is 19.9 Å². The minimum Gasteiger partial charge on any atom is -0.355 e. The van der Waals surface area contributed by atoms with Crippen molar-refractivity contribution in [3.05, 3.63) is 30.2 Å². The Morgan fingerprint density at radius 3 is 2.78 bits per heavy atom. The highest BCUT2D eigenvalue weighted by molar-refractivity contribution is 5.37. The molecule has 18 heavy (non-hydrogen) atoms. The average molecular weight is 250 g/mol. The Labute approximate surface area is 106 Å². The standard InChI is InChI=1S/C12H18N4O2/c1-9(13-8-11(17-2)18-3)12-15-14-10-6-4-5-7-16(10)12/h4-7,9,11,13H,8H2,1-3H3. The lowest BCUT2D eigenvalue weighted by Crippen LogP contribution is -2.32. The summed E-state index contributed by atoms with van der Waals surface area (Å²) >= 11 is 0. The van der Waals surface area contributed by atoms with Gasteiger partial charge in [0.2, 0.25) is 0 Å². The number of fused-ring (bicyclic) bond motifs is 1. The topological polar surface area (TPSA) is 60.7 Å². The molecule has 0 saturated heterocycles. The molecule has 0 spiro atoms. The molecule has 0 saturated carbocycles. The first-order valence-corrected chi connectivity index (χ1v) is 5.85. The fraction of sp³-hybridized carbons (Fsp3) is 0.500. The van der Waals surface area contributed by atoms with Crippen LogP contribution in [0.15, 0.2) is 24.4 Å². The molecular formula is C12H18N4O2. The molecule has 1 unspecified atom stereocenters. The van der Waals surface area contributed by atoms with Crippen LogP contribution in [0.3, 0.4) is 0 Å². The molecule has 2 rings (SSSR count). The smallest absolute Gasteiger partial charge is 0.169 e. The minimum atomic E-state index is -0.258. The Hall–Kier alpha value is -1.50. The predicted molar refractivity (Wildman–Crippen MR) is 67.2 cm³/mol. The molecule has 1 N–H and O–H groups in total. The lowest BCUT2D eigenvalue weighted by Gasteiger charge is -2.17. The Morgan fingerprint density at radius 2 is 2.06 bits per heavy atom. The van der Waals surface area contributed by atoms with Gasteiger partial charge in [-0.2, -0.15) is 0 Å². The number of nitrogens with zero attached hydrogens (tertiary/aromatic N) is 3. The molecule has 2 aromatic rings. The van der Waals surface area contributed by atoms with E-state index in [4.69, 9.17) is 9.47 Å². The SMILES string of the molecule is COC(CNC(C)c1nnc2ccccn12)OC. The lowest BCUT2D eigenvalue weighted by molar-refractivity contribution is -0.0998. The summed E-state index contributed by atoms with van der Waals surface area (Å²) in [5.74, 6) is 0.872. The van der Waals surface area contributed by atoms with E-state index in [2.05, 4.69) is 15.5 Å². The minimum absolute atomic E-state index is 0.0650. The van der Waals surface area contributed by atoms with Crippen molar-refractivity contribution < 1.29 is 9.47 Å². The quantitative estimate of drug-likeness (QED) is 0.775. The van der Waals surface area contributed by atoms with Crippen molar-refractivity contribution in [3.63, 3.8) is 0 Å². The lowest BCUT2D eigenvalue weighted by atomic mass is 10.3. The largest absolute Gasteiger partial charge is 0.355 e. The second-order valence-electron chi connectivity index (χ2n) is 4.02. The summed E-state index contributed by atoms with van der Waals surface area (Å²) < 4.78 is 12.2. The first-order valence-electron chi connectivity index (χ1n) is 5.85. The van der Waals surface area contributed by atoms with Crippen molar-refractivity contribution in [3.8, 4) is 0 Å². The Balaban J connectivity index is 2.07. The molecule has 0 fully saturated rings. The van der Waals surface area contributed by atoms with E-state index in [1.165, 1.54) is 0 Å². The van der Waals surface area contributed by atoms with E-state index in [9.17, 15) is 0 Å². The monoisotopic (exact) mass is 250 g/mol. The molecule has 0 aromatic carbocycles. The zero-order chi connectivity index (χ0) is 13.0. The van der Waals surface area contributed by atoms with Gasteiger partial charge in [0.1, 0.15) is 0 Å². The first kappa shape index (κ1) is 12.9. The van der Waals surface area contributed by atoms with E-state index in [-0.39, 0.29) is 12.3 Å². The number of hydrogen-bond acceptors (Lipinski definition) is 5. The molecule has 6 nitrogen and oxygen atoms in total. The van der Waals surface area contributed by atoms with Gasteiger partial charge >= 0.3 is 0 Å². The van der Waals surface area contributed by atoms with E-state index >= 15 is 0 Å². The number of nitrogens with one attached hydrogen (secondary N) is 1. The Bertz CT molecular complexity index is 496. The Kier molecular flexibility index (Phi) is 4.24. The van der Waals surface area contributed by atoms with Gasteiger partial charge in [-0.25, -0.2) is 0 Å². The van der Waals surface area contributed by atoms with Crippen LogP contribution in [0.2, 0.25) is 0 Å². The predicted octanol–water partition coefficient (Wildman–Crippen LogP) is 0.999. The third kappa shape index (κ3) is 2.66. The van der Waals surface area contributed by atoms with E-state index in [0.29, 0.717) is 6.54 Å². The van der Waals surface area contributed by atoms with Gasteiger partial charge in [-0.1, -0.05) is 6.07 Å². The number of methoxy groups -OCH3 is 2. The molecule has 0 amide bonds. The maximum atomic E-state index is 5.13. The fourth-order valence-electron chi connectivity index (χ4n) is 1.78. The Morgan fingerprint density at radius 1 is 1.28 bits per heavy atom. The van der Waals surface area contributed by atoms with Crippen molar-refractivity contribution in [2.45, 2.75) is 19.3 Å². The van der Waals surface area contributed by atoms with Gasteiger partial charge in [-0.3, -0.25) is 4.40 Å². The normalized spacial score (nSPS) is 13.3. The number of aromatic nitrogens is 3. The summed E-state index contributed by atoms with van der Waals surface area (Å²) in [6.45, 7) is 2.63. The van der Waals surface area contributed by atoms with Crippen LogP contribution in [0.1, 0.15) is 18.8 Å². The molecule has 0 aliphatic rings. The molecule has 6 heteroatoms. The van der Waals surface area contributed by atoms with Crippen molar-refractivity contribution in [2.24, 2.45) is 0 Å².